The first-order chi connectivity index (χ1) is 14.9. The minimum atomic E-state index is 0.237. The van der Waals surface area contributed by atoms with E-state index in [1.807, 2.05) is 6.20 Å². The van der Waals surface area contributed by atoms with Crippen molar-refractivity contribution < 1.29 is 4.57 Å². The van der Waals surface area contributed by atoms with E-state index in [1.54, 1.807) is 0 Å². The zero-order chi connectivity index (χ0) is 19.7. The fourth-order valence-electron chi connectivity index (χ4n) is 5.40. The molecule has 0 radical (unpaired) electrons. The number of para-hydroxylation sites is 2. The Bertz CT molecular complexity index is 1590. The van der Waals surface area contributed by atoms with Gasteiger partial charge in [-0.15, -0.1) is 0 Å². The van der Waals surface area contributed by atoms with E-state index in [4.69, 9.17) is 4.98 Å². The van der Waals surface area contributed by atoms with Gasteiger partial charge in [-0.25, -0.2) is 0 Å². The highest BCUT2D eigenvalue weighted by Crippen LogP contribution is 2.34. The van der Waals surface area contributed by atoms with E-state index < -0.39 is 0 Å². The topological polar surface area (TPSA) is 48.4 Å². The quantitative estimate of drug-likeness (QED) is 0.355. The molecule has 1 atom stereocenters. The summed E-state index contributed by atoms with van der Waals surface area (Å²) >= 11 is 0. The minimum Gasteiger partial charge on any atom is -0.353 e. The molecule has 4 nitrogen and oxygen atoms in total. The number of rotatable bonds is 1. The van der Waals surface area contributed by atoms with Crippen molar-refractivity contribution in [2.45, 2.75) is 25.3 Å². The predicted molar refractivity (Wildman–Crippen MR) is 121 cm³/mol. The van der Waals surface area contributed by atoms with Crippen LogP contribution in [-0.2, 0) is 6.42 Å². The van der Waals surface area contributed by atoms with E-state index in [0.717, 1.165) is 25.0 Å². The van der Waals surface area contributed by atoms with E-state index >= 15 is 0 Å². The normalized spacial score (nSPS) is 16.6. The van der Waals surface area contributed by atoms with E-state index in [2.05, 4.69) is 81.4 Å². The molecule has 4 aromatic heterocycles. The number of hydrogen-bond acceptors (Lipinski definition) is 1. The third kappa shape index (κ3) is 2.11. The van der Waals surface area contributed by atoms with Gasteiger partial charge in [0.05, 0.1) is 5.52 Å². The number of pyridine rings is 2. The first kappa shape index (κ1) is 16.2. The average molecular weight is 389 g/mol. The van der Waals surface area contributed by atoms with Crippen LogP contribution >= 0.6 is 0 Å². The van der Waals surface area contributed by atoms with Crippen molar-refractivity contribution in [1.29, 1.82) is 0 Å². The molecule has 0 aliphatic carbocycles. The maximum Gasteiger partial charge on any atom is 0.206 e. The third-order valence-electron chi connectivity index (χ3n) is 6.75. The van der Waals surface area contributed by atoms with Gasteiger partial charge >= 0.3 is 0 Å². The number of aromatic nitrogens is 4. The molecule has 0 spiro atoms. The summed E-state index contributed by atoms with van der Waals surface area (Å²) in [5.74, 6) is 0. The van der Waals surface area contributed by atoms with Gasteiger partial charge in [-0.05, 0) is 24.6 Å². The number of fused-ring (bicyclic) bond motifs is 8. The summed E-state index contributed by atoms with van der Waals surface area (Å²) in [6, 6.07) is 21.7. The van der Waals surface area contributed by atoms with Crippen LogP contribution in [-0.4, -0.2) is 15.0 Å². The van der Waals surface area contributed by atoms with Gasteiger partial charge in [0.2, 0.25) is 11.7 Å². The van der Waals surface area contributed by atoms with Crippen molar-refractivity contribution in [2.75, 3.05) is 0 Å². The zero-order valence-electron chi connectivity index (χ0n) is 16.5. The SMILES string of the molecule is c1ccc2c(c1)[nH]c1c(C3CCCc4c5[nH]c6ccccc6c5cc[n+]43)nccc12. The van der Waals surface area contributed by atoms with Crippen LogP contribution in [0.1, 0.15) is 30.3 Å². The molecule has 5 heterocycles. The Morgan fingerprint density at radius 1 is 0.767 bits per heavy atom. The van der Waals surface area contributed by atoms with Crippen LogP contribution < -0.4 is 4.57 Å². The molecule has 7 rings (SSSR count). The molecule has 2 aromatic carbocycles. The Kier molecular flexibility index (Phi) is 3.19. The van der Waals surface area contributed by atoms with E-state index in [-0.39, 0.29) is 6.04 Å². The highest BCUT2D eigenvalue weighted by atomic mass is 15.0. The number of hydrogen-bond donors (Lipinski definition) is 2. The summed E-state index contributed by atoms with van der Waals surface area (Å²) in [7, 11) is 0. The van der Waals surface area contributed by atoms with Crippen LogP contribution in [0.15, 0.2) is 73.1 Å². The van der Waals surface area contributed by atoms with E-state index in [9.17, 15) is 0 Å². The maximum atomic E-state index is 4.89. The fourth-order valence-corrected chi connectivity index (χ4v) is 5.40. The summed E-state index contributed by atoms with van der Waals surface area (Å²) in [5, 5.41) is 5.14. The summed E-state index contributed by atoms with van der Waals surface area (Å²) in [4.78, 5) is 12.2. The van der Waals surface area contributed by atoms with Crippen molar-refractivity contribution in [3.63, 3.8) is 0 Å². The number of nitrogens with one attached hydrogen (secondary N) is 2. The molecule has 4 heteroatoms. The molecular formula is C26H21N4+. The van der Waals surface area contributed by atoms with E-state index in [0.29, 0.717) is 0 Å². The zero-order valence-corrected chi connectivity index (χ0v) is 16.5. The average Bonchev–Trinajstić information content (AvgIpc) is 3.37. The molecule has 1 aliphatic heterocycles. The number of aryl methyl sites for hydroxylation is 1. The molecular weight excluding hydrogens is 368 g/mol. The van der Waals surface area contributed by atoms with Gasteiger partial charge in [-0.1, -0.05) is 36.4 Å². The van der Waals surface area contributed by atoms with Crippen molar-refractivity contribution in [3.05, 3.63) is 84.4 Å². The van der Waals surface area contributed by atoms with Crippen LogP contribution in [0.2, 0.25) is 0 Å². The molecule has 0 saturated carbocycles. The van der Waals surface area contributed by atoms with Gasteiger partial charge in [-0.2, -0.15) is 4.57 Å². The summed E-state index contributed by atoms with van der Waals surface area (Å²) in [5.41, 5.74) is 7.35. The first-order valence-electron chi connectivity index (χ1n) is 10.7. The lowest BCUT2D eigenvalue weighted by Crippen LogP contribution is -2.47. The minimum absolute atomic E-state index is 0.237. The van der Waals surface area contributed by atoms with Crippen LogP contribution in [0.5, 0.6) is 0 Å². The van der Waals surface area contributed by atoms with Crippen molar-refractivity contribution >= 4 is 43.6 Å². The molecule has 0 fully saturated rings. The fraction of sp³-hybridized carbons (Fsp3) is 0.154. The second kappa shape index (κ2) is 5.92. The number of nitrogens with zero attached hydrogens (tertiary/aromatic N) is 2. The molecule has 0 amide bonds. The van der Waals surface area contributed by atoms with Crippen LogP contribution in [0.4, 0.5) is 0 Å². The van der Waals surface area contributed by atoms with Crippen LogP contribution in [0, 0.1) is 0 Å². The van der Waals surface area contributed by atoms with Gasteiger partial charge in [0.25, 0.3) is 0 Å². The Morgan fingerprint density at radius 3 is 2.27 bits per heavy atom. The monoisotopic (exact) mass is 389 g/mol. The Morgan fingerprint density at radius 2 is 1.47 bits per heavy atom. The Balaban J connectivity index is 1.49. The van der Waals surface area contributed by atoms with Gasteiger partial charge in [0, 0.05) is 57.7 Å². The summed E-state index contributed by atoms with van der Waals surface area (Å²) in [6.07, 6.45) is 7.59. The lowest BCUT2D eigenvalue weighted by atomic mass is 9.96. The summed E-state index contributed by atoms with van der Waals surface area (Å²) in [6.45, 7) is 0. The lowest BCUT2D eigenvalue weighted by molar-refractivity contribution is -0.725. The largest absolute Gasteiger partial charge is 0.353 e. The standard InChI is InChI=1S/C26H20N4/c1-4-9-21-16(6-1)18-12-14-27-26(25(18)29-21)23-11-5-10-22-24-19(13-15-30(22)23)17-7-2-3-8-20(17)28-24/h1-4,6-9,12-15,23H,5,10-11H2,(H,27,29)/p+1. The third-order valence-corrected chi connectivity index (χ3v) is 6.75. The molecule has 144 valence electrons. The van der Waals surface area contributed by atoms with Gasteiger partial charge in [0.15, 0.2) is 6.20 Å². The van der Waals surface area contributed by atoms with Crippen molar-refractivity contribution in [3.8, 4) is 0 Å². The van der Waals surface area contributed by atoms with Crippen molar-refractivity contribution in [2.24, 2.45) is 0 Å². The molecule has 6 aromatic rings. The van der Waals surface area contributed by atoms with Gasteiger partial charge in [0.1, 0.15) is 11.2 Å². The van der Waals surface area contributed by atoms with Crippen LogP contribution in [0.3, 0.4) is 0 Å². The first-order valence-corrected chi connectivity index (χ1v) is 10.7. The molecule has 0 saturated heterocycles. The number of H-pyrrole nitrogens is 2. The maximum absolute atomic E-state index is 4.89. The molecule has 0 bridgehead atoms. The highest BCUT2D eigenvalue weighted by Gasteiger charge is 2.34. The number of benzene rings is 2. The molecule has 30 heavy (non-hydrogen) atoms. The molecule has 1 aliphatic rings. The Hall–Kier alpha value is -3.66. The van der Waals surface area contributed by atoms with E-state index in [1.165, 1.54) is 49.3 Å². The lowest BCUT2D eigenvalue weighted by Gasteiger charge is -2.20. The second-order valence-electron chi connectivity index (χ2n) is 8.33. The molecule has 2 N–H and O–H groups in total. The van der Waals surface area contributed by atoms with Crippen molar-refractivity contribution in [1.82, 2.24) is 15.0 Å². The predicted octanol–water partition coefficient (Wildman–Crippen LogP) is 5.56. The van der Waals surface area contributed by atoms with Gasteiger partial charge in [-0.3, -0.25) is 4.98 Å². The highest BCUT2D eigenvalue weighted by molar-refractivity contribution is 6.08. The van der Waals surface area contributed by atoms with Gasteiger partial charge < -0.3 is 9.97 Å². The smallest absolute Gasteiger partial charge is 0.206 e. The molecule has 1 unspecified atom stereocenters. The number of aromatic amines is 2. The summed E-state index contributed by atoms with van der Waals surface area (Å²) < 4.78 is 2.45. The Labute approximate surface area is 173 Å². The second-order valence-corrected chi connectivity index (χ2v) is 8.33. The van der Waals surface area contributed by atoms with Crippen LogP contribution in [0.25, 0.3) is 43.6 Å².